The lowest BCUT2D eigenvalue weighted by Gasteiger charge is -2.15. The van der Waals surface area contributed by atoms with Crippen LogP contribution in [0.1, 0.15) is 22.1 Å². The predicted molar refractivity (Wildman–Crippen MR) is 79.8 cm³/mol. The molecule has 0 spiro atoms. The Morgan fingerprint density at radius 3 is 2.68 bits per heavy atom. The second-order valence-electron chi connectivity index (χ2n) is 4.50. The quantitative estimate of drug-likeness (QED) is 0.687. The molecule has 19 heavy (non-hydrogen) atoms. The predicted octanol–water partition coefficient (Wildman–Crippen LogP) is 5.26. The third-order valence-corrected chi connectivity index (χ3v) is 4.13. The van der Waals surface area contributed by atoms with E-state index >= 15 is 0 Å². The normalized spacial score (nSPS) is 14.9. The highest BCUT2D eigenvalue weighted by Gasteiger charge is 2.23. The Kier molecular flexibility index (Phi) is 3.62. The summed E-state index contributed by atoms with van der Waals surface area (Å²) in [5.41, 5.74) is 2.97. The number of alkyl halides is 1. The molecule has 0 aromatic heterocycles. The zero-order chi connectivity index (χ0) is 13.4. The highest BCUT2D eigenvalue weighted by Crippen LogP contribution is 2.41. The van der Waals surface area contributed by atoms with Gasteiger partial charge in [-0.25, -0.2) is 0 Å². The molecule has 98 valence electrons. The number of fused-ring (bicyclic) bond motifs is 1. The van der Waals surface area contributed by atoms with Crippen molar-refractivity contribution < 1.29 is 4.74 Å². The van der Waals surface area contributed by atoms with Crippen LogP contribution in [0, 0.1) is 0 Å². The van der Waals surface area contributed by atoms with Gasteiger partial charge in [0.1, 0.15) is 5.75 Å². The summed E-state index contributed by atoms with van der Waals surface area (Å²) in [7, 11) is 0. The summed E-state index contributed by atoms with van der Waals surface area (Å²) in [6, 6.07) is 11.3. The SMILES string of the molecule is Clc1cccc(C(Cl)c2cc(Cl)cc3c2OCC3)c1. The number of hydrogen-bond acceptors (Lipinski definition) is 1. The van der Waals surface area contributed by atoms with Gasteiger partial charge in [-0.3, -0.25) is 0 Å². The van der Waals surface area contributed by atoms with Crippen LogP contribution >= 0.6 is 34.8 Å². The van der Waals surface area contributed by atoms with Gasteiger partial charge in [-0.2, -0.15) is 0 Å². The maximum absolute atomic E-state index is 6.56. The molecule has 0 fully saturated rings. The molecule has 0 N–H and O–H groups in total. The molecule has 1 atom stereocenters. The van der Waals surface area contributed by atoms with Gasteiger partial charge < -0.3 is 4.74 Å². The molecule has 1 heterocycles. The average Bonchev–Trinajstić information content (AvgIpc) is 2.85. The lowest BCUT2D eigenvalue weighted by molar-refractivity contribution is 0.353. The van der Waals surface area contributed by atoms with Gasteiger partial charge in [-0.1, -0.05) is 35.3 Å². The van der Waals surface area contributed by atoms with Gasteiger partial charge in [0, 0.05) is 22.0 Å². The van der Waals surface area contributed by atoms with Crippen molar-refractivity contribution in [3.63, 3.8) is 0 Å². The first-order valence-corrected chi connectivity index (χ1v) is 7.19. The minimum atomic E-state index is -0.316. The van der Waals surface area contributed by atoms with E-state index < -0.39 is 0 Å². The van der Waals surface area contributed by atoms with Crippen LogP contribution in [-0.2, 0) is 6.42 Å². The maximum Gasteiger partial charge on any atom is 0.127 e. The zero-order valence-corrected chi connectivity index (χ0v) is 12.3. The summed E-state index contributed by atoms with van der Waals surface area (Å²) in [4.78, 5) is 0. The Morgan fingerprint density at radius 2 is 1.89 bits per heavy atom. The monoisotopic (exact) mass is 312 g/mol. The summed E-state index contributed by atoms with van der Waals surface area (Å²) in [5.74, 6) is 0.865. The van der Waals surface area contributed by atoms with E-state index in [9.17, 15) is 0 Å². The molecule has 0 bridgehead atoms. The fourth-order valence-corrected chi connectivity index (χ4v) is 3.08. The van der Waals surface area contributed by atoms with Crippen LogP contribution in [0.4, 0.5) is 0 Å². The maximum atomic E-state index is 6.56. The molecule has 1 aliphatic heterocycles. The van der Waals surface area contributed by atoms with Gasteiger partial charge in [-0.05, 0) is 35.4 Å². The van der Waals surface area contributed by atoms with Crippen LogP contribution < -0.4 is 4.74 Å². The summed E-state index contributed by atoms with van der Waals surface area (Å²) in [6.45, 7) is 0.682. The molecule has 0 radical (unpaired) electrons. The topological polar surface area (TPSA) is 9.23 Å². The van der Waals surface area contributed by atoms with Crippen LogP contribution in [0.2, 0.25) is 10.0 Å². The van der Waals surface area contributed by atoms with Crippen molar-refractivity contribution in [2.24, 2.45) is 0 Å². The van der Waals surface area contributed by atoms with E-state index in [-0.39, 0.29) is 5.38 Å². The van der Waals surface area contributed by atoms with Gasteiger partial charge in [0.15, 0.2) is 0 Å². The summed E-state index contributed by atoms with van der Waals surface area (Å²) >= 11 is 18.7. The third-order valence-electron chi connectivity index (χ3n) is 3.19. The molecule has 0 amide bonds. The van der Waals surface area contributed by atoms with Crippen LogP contribution in [-0.4, -0.2) is 6.61 Å². The molecule has 0 saturated carbocycles. The van der Waals surface area contributed by atoms with E-state index in [4.69, 9.17) is 39.5 Å². The molecule has 2 aromatic carbocycles. The van der Waals surface area contributed by atoms with Gasteiger partial charge in [-0.15, -0.1) is 11.6 Å². The fourth-order valence-electron chi connectivity index (χ4n) is 2.33. The lowest BCUT2D eigenvalue weighted by Crippen LogP contribution is -1.97. The van der Waals surface area contributed by atoms with E-state index in [1.165, 1.54) is 0 Å². The summed E-state index contributed by atoms with van der Waals surface area (Å²) < 4.78 is 5.68. The molecular formula is C15H11Cl3O. The van der Waals surface area contributed by atoms with Crippen molar-refractivity contribution in [3.8, 4) is 5.75 Å². The van der Waals surface area contributed by atoms with Crippen molar-refractivity contribution in [1.29, 1.82) is 0 Å². The largest absolute Gasteiger partial charge is 0.493 e. The van der Waals surface area contributed by atoms with Crippen molar-refractivity contribution >= 4 is 34.8 Å². The van der Waals surface area contributed by atoms with Crippen molar-refractivity contribution in [1.82, 2.24) is 0 Å². The minimum absolute atomic E-state index is 0.316. The molecule has 1 unspecified atom stereocenters. The van der Waals surface area contributed by atoms with E-state index in [2.05, 4.69) is 0 Å². The first-order valence-electron chi connectivity index (χ1n) is 6.00. The van der Waals surface area contributed by atoms with Gasteiger partial charge in [0.25, 0.3) is 0 Å². The number of ether oxygens (including phenoxy) is 1. The highest BCUT2D eigenvalue weighted by molar-refractivity contribution is 6.31. The second kappa shape index (κ2) is 5.24. The number of benzene rings is 2. The standard InChI is InChI=1S/C15H11Cl3O/c16-11-3-1-2-9(6-11)14(18)13-8-12(17)7-10-4-5-19-15(10)13/h1-3,6-8,14H,4-5H2. The molecule has 3 rings (SSSR count). The fraction of sp³-hybridized carbons (Fsp3) is 0.200. The van der Waals surface area contributed by atoms with Crippen LogP contribution in [0.3, 0.4) is 0 Å². The molecule has 0 aliphatic carbocycles. The van der Waals surface area contributed by atoms with Crippen molar-refractivity contribution in [2.75, 3.05) is 6.61 Å². The van der Waals surface area contributed by atoms with Crippen molar-refractivity contribution in [3.05, 3.63) is 63.1 Å². The molecule has 0 saturated heterocycles. The second-order valence-corrected chi connectivity index (χ2v) is 5.81. The van der Waals surface area contributed by atoms with Crippen LogP contribution in [0.5, 0.6) is 5.75 Å². The van der Waals surface area contributed by atoms with E-state index in [0.717, 1.165) is 28.9 Å². The molecule has 1 nitrogen and oxygen atoms in total. The number of hydrogen-bond donors (Lipinski definition) is 0. The average molecular weight is 314 g/mol. The lowest BCUT2D eigenvalue weighted by atomic mass is 10.0. The first kappa shape index (κ1) is 13.1. The van der Waals surface area contributed by atoms with Gasteiger partial charge in [0.05, 0.1) is 12.0 Å². The molecule has 1 aliphatic rings. The Hall–Kier alpha value is -0.890. The smallest absolute Gasteiger partial charge is 0.127 e. The van der Waals surface area contributed by atoms with E-state index in [1.807, 2.05) is 36.4 Å². The summed E-state index contributed by atoms with van der Waals surface area (Å²) in [6.07, 6.45) is 0.877. The highest BCUT2D eigenvalue weighted by atomic mass is 35.5. The Labute approximate surface area is 127 Å². The molecule has 4 heteroatoms. The number of rotatable bonds is 2. The Balaban J connectivity index is 2.07. The van der Waals surface area contributed by atoms with Gasteiger partial charge in [0.2, 0.25) is 0 Å². The van der Waals surface area contributed by atoms with E-state index in [1.54, 1.807) is 0 Å². The third kappa shape index (κ3) is 2.55. The van der Waals surface area contributed by atoms with Crippen LogP contribution in [0.25, 0.3) is 0 Å². The molecular weight excluding hydrogens is 303 g/mol. The summed E-state index contributed by atoms with van der Waals surface area (Å²) in [5, 5.41) is 1.04. The van der Waals surface area contributed by atoms with Crippen LogP contribution in [0.15, 0.2) is 36.4 Å². The Bertz CT molecular complexity index is 625. The Morgan fingerprint density at radius 1 is 1.05 bits per heavy atom. The molecule has 2 aromatic rings. The minimum Gasteiger partial charge on any atom is -0.493 e. The first-order chi connectivity index (χ1) is 9.15. The van der Waals surface area contributed by atoms with E-state index in [0.29, 0.717) is 16.7 Å². The van der Waals surface area contributed by atoms with Crippen molar-refractivity contribution in [2.45, 2.75) is 11.8 Å². The zero-order valence-electron chi connectivity index (χ0n) is 10.00. The number of halogens is 3. The van der Waals surface area contributed by atoms with Gasteiger partial charge >= 0.3 is 0 Å².